The monoisotopic (exact) mass is 464 g/mol. The molecule has 4 rings (SSSR count). The van der Waals surface area contributed by atoms with Crippen molar-refractivity contribution in [2.45, 2.75) is 32.7 Å². The van der Waals surface area contributed by atoms with Gasteiger partial charge in [-0.3, -0.25) is 9.69 Å². The number of piperazine rings is 1. The highest BCUT2D eigenvalue weighted by molar-refractivity contribution is 5.86. The van der Waals surface area contributed by atoms with Crippen LogP contribution in [0, 0.1) is 13.8 Å². The second-order valence-corrected chi connectivity index (χ2v) is 9.27. The van der Waals surface area contributed by atoms with Crippen molar-refractivity contribution in [2.75, 3.05) is 46.9 Å². The van der Waals surface area contributed by atoms with E-state index in [0.717, 1.165) is 66.1 Å². The van der Waals surface area contributed by atoms with Crippen molar-refractivity contribution in [3.63, 3.8) is 0 Å². The number of benzene rings is 1. The quantitative estimate of drug-likeness (QED) is 0.552. The Balaban J connectivity index is 1.47. The van der Waals surface area contributed by atoms with E-state index in [0.29, 0.717) is 18.7 Å². The zero-order valence-electron chi connectivity index (χ0n) is 21.0. The van der Waals surface area contributed by atoms with Gasteiger partial charge >= 0.3 is 0 Å². The number of nitrogens with zero attached hydrogens (tertiary/aromatic N) is 5. The third-order valence-electron chi connectivity index (χ3n) is 6.89. The molecule has 0 saturated carbocycles. The molecular formula is C26H36N6O2. The molecule has 1 aliphatic heterocycles. The minimum Gasteiger partial charge on any atom is -0.479 e. The molecule has 182 valence electrons. The molecule has 0 radical (unpaired) electrons. The minimum atomic E-state index is -0.0293. The Morgan fingerprint density at radius 1 is 1.12 bits per heavy atom. The van der Waals surface area contributed by atoms with E-state index in [4.69, 9.17) is 9.72 Å². The maximum absolute atomic E-state index is 13.1. The molecule has 1 fully saturated rings. The van der Waals surface area contributed by atoms with Gasteiger partial charge in [-0.2, -0.15) is 0 Å². The van der Waals surface area contributed by atoms with E-state index in [-0.39, 0.29) is 11.9 Å². The van der Waals surface area contributed by atoms with E-state index in [1.54, 1.807) is 11.8 Å². The number of methoxy groups -OCH3 is 1. The van der Waals surface area contributed by atoms with E-state index in [2.05, 4.69) is 46.3 Å². The summed E-state index contributed by atoms with van der Waals surface area (Å²) in [6, 6.07) is 10.3. The zero-order chi connectivity index (χ0) is 24.2. The number of aryl methyl sites for hydroxylation is 3. The van der Waals surface area contributed by atoms with Crippen LogP contribution in [0.3, 0.4) is 0 Å². The van der Waals surface area contributed by atoms with Crippen LogP contribution >= 0.6 is 0 Å². The molecule has 0 spiro atoms. The normalized spacial score (nSPS) is 16.0. The van der Waals surface area contributed by atoms with Crippen molar-refractivity contribution in [2.24, 2.45) is 7.05 Å². The molecule has 0 aliphatic carbocycles. The number of amides is 1. The predicted octanol–water partition coefficient (Wildman–Crippen LogP) is 2.63. The van der Waals surface area contributed by atoms with Crippen molar-refractivity contribution in [3.05, 3.63) is 52.7 Å². The highest BCUT2D eigenvalue weighted by atomic mass is 16.5. The SMILES string of the molecule is COc1nn(C)c2nc(C)c(CCC(=O)NC(CN3CCN(C)CC3)c3ccccc3)c(C)c12. The number of hydrogen-bond donors (Lipinski definition) is 1. The summed E-state index contributed by atoms with van der Waals surface area (Å²) in [6.07, 6.45) is 1.03. The topological polar surface area (TPSA) is 75.5 Å². The molecule has 2 aromatic heterocycles. The Bertz CT molecular complexity index is 1140. The summed E-state index contributed by atoms with van der Waals surface area (Å²) in [5.41, 5.74) is 5.05. The number of pyridine rings is 1. The molecule has 1 N–H and O–H groups in total. The van der Waals surface area contributed by atoms with Gasteiger partial charge in [-0.05, 0) is 44.0 Å². The lowest BCUT2D eigenvalue weighted by atomic mass is 9.99. The lowest BCUT2D eigenvalue weighted by Gasteiger charge is -2.35. The van der Waals surface area contributed by atoms with E-state index < -0.39 is 0 Å². The maximum atomic E-state index is 13.1. The highest BCUT2D eigenvalue weighted by Gasteiger charge is 2.22. The van der Waals surface area contributed by atoms with Gasteiger partial charge in [0.15, 0.2) is 5.65 Å². The number of fused-ring (bicyclic) bond motifs is 1. The van der Waals surface area contributed by atoms with E-state index >= 15 is 0 Å². The Labute approximate surface area is 201 Å². The Hall–Kier alpha value is -2.97. The predicted molar refractivity (Wildman–Crippen MR) is 134 cm³/mol. The molecule has 34 heavy (non-hydrogen) atoms. The Morgan fingerprint density at radius 2 is 1.82 bits per heavy atom. The molecular weight excluding hydrogens is 428 g/mol. The zero-order valence-corrected chi connectivity index (χ0v) is 21.0. The number of hydrogen-bond acceptors (Lipinski definition) is 6. The van der Waals surface area contributed by atoms with Gasteiger partial charge in [0.05, 0.1) is 18.5 Å². The van der Waals surface area contributed by atoms with Crippen molar-refractivity contribution in [1.82, 2.24) is 29.9 Å². The van der Waals surface area contributed by atoms with Crippen LogP contribution in [0.4, 0.5) is 0 Å². The lowest BCUT2D eigenvalue weighted by Crippen LogP contribution is -2.47. The first-order valence-electron chi connectivity index (χ1n) is 12.0. The average Bonchev–Trinajstić information content (AvgIpc) is 3.16. The number of nitrogens with one attached hydrogen (secondary N) is 1. The van der Waals surface area contributed by atoms with Crippen LogP contribution in [0.25, 0.3) is 11.0 Å². The van der Waals surface area contributed by atoms with Gasteiger partial charge in [0, 0.05) is 51.9 Å². The molecule has 1 amide bonds. The standard InChI is InChI=1S/C26H36N6O2/c1-18-21(19(2)27-25-24(18)26(34-5)29-31(25)4)11-12-23(33)28-22(20-9-7-6-8-10-20)17-32-15-13-30(3)14-16-32/h6-10,22H,11-17H2,1-5H3,(H,28,33). The molecule has 8 heteroatoms. The second kappa shape index (κ2) is 10.5. The number of aromatic nitrogens is 3. The van der Waals surface area contributed by atoms with Gasteiger partial charge in [-0.15, -0.1) is 5.10 Å². The molecule has 1 aromatic carbocycles. The number of ether oxygens (including phenoxy) is 1. The molecule has 3 heterocycles. The van der Waals surface area contributed by atoms with Crippen molar-refractivity contribution < 1.29 is 9.53 Å². The molecule has 3 aromatic rings. The van der Waals surface area contributed by atoms with Crippen LogP contribution in [-0.4, -0.2) is 77.4 Å². The van der Waals surface area contributed by atoms with Gasteiger partial charge < -0.3 is 15.0 Å². The lowest BCUT2D eigenvalue weighted by molar-refractivity contribution is -0.122. The summed E-state index contributed by atoms with van der Waals surface area (Å²) in [7, 11) is 5.65. The number of carbonyl (C=O) groups is 1. The molecule has 1 aliphatic rings. The summed E-state index contributed by atoms with van der Waals surface area (Å²) >= 11 is 0. The van der Waals surface area contributed by atoms with Crippen LogP contribution in [0.1, 0.15) is 34.8 Å². The van der Waals surface area contributed by atoms with Gasteiger partial charge in [0.2, 0.25) is 11.8 Å². The summed E-state index contributed by atoms with van der Waals surface area (Å²) in [4.78, 5) is 22.7. The Morgan fingerprint density at radius 3 is 2.50 bits per heavy atom. The number of carbonyl (C=O) groups excluding carboxylic acids is 1. The van der Waals surface area contributed by atoms with Gasteiger partial charge in [0.25, 0.3) is 0 Å². The van der Waals surface area contributed by atoms with E-state index in [9.17, 15) is 4.79 Å². The maximum Gasteiger partial charge on any atom is 0.242 e. The van der Waals surface area contributed by atoms with Crippen molar-refractivity contribution >= 4 is 16.9 Å². The fourth-order valence-corrected chi connectivity index (χ4v) is 4.82. The first-order valence-corrected chi connectivity index (χ1v) is 12.0. The fraction of sp³-hybridized carbons (Fsp3) is 0.500. The molecule has 8 nitrogen and oxygen atoms in total. The van der Waals surface area contributed by atoms with Crippen LogP contribution in [0.2, 0.25) is 0 Å². The van der Waals surface area contributed by atoms with Crippen molar-refractivity contribution in [3.8, 4) is 5.88 Å². The van der Waals surface area contributed by atoms with Crippen molar-refractivity contribution in [1.29, 1.82) is 0 Å². The van der Waals surface area contributed by atoms with Crippen LogP contribution < -0.4 is 10.1 Å². The molecule has 1 saturated heterocycles. The molecule has 1 atom stereocenters. The van der Waals surface area contributed by atoms with Crippen LogP contribution in [0.5, 0.6) is 5.88 Å². The first kappa shape index (κ1) is 24.2. The summed E-state index contributed by atoms with van der Waals surface area (Å²) < 4.78 is 7.21. The van der Waals surface area contributed by atoms with Crippen LogP contribution in [-0.2, 0) is 18.3 Å². The largest absolute Gasteiger partial charge is 0.479 e. The molecule has 1 unspecified atom stereocenters. The minimum absolute atomic E-state index is 0.0293. The Kier molecular flexibility index (Phi) is 7.48. The smallest absolute Gasteiger partial charge is 0.242 e. The summed E-state index contributed by atoms with van der Waals surface area (Å²) in [5.74, 6) is 0.629. The third kappa shape index (κ3) is 5.23. The van der Waals surface area contributed by atoms with Gasteiger partial charge in [-0.25, -0.2) is 9.67 Å². The summed E-state index contributed by atoms with van der Waals surface area (Å²) in [6.45, 7) is 9.04. The van der Waals surface area contributed by atoms with Gasteiger partial charge in [-0.1, -0.05) is 30.3 Å². The first-order chi connectivity index (χ1) is 16.4. The van der Waals surface area contributed by atoms with Crippen LogP contribution in [0.15, 0.2) is 30.3 Å². The van der Waals surface area contributed by atoms with E-state index in [1.807, 2.05) is 32.2 Å². The number of rotatable bonds is 8. The fourth-order valence-electron chi connectivity index (χ4n) is 4.82. The van der Waals surface area contributed by atoms with E-state index in [1.165, 1.54) is 0 Å². The number of likely N-dealkylation sites (N-methyl/N-ethyl adjacent to an activating group) is 1. The average molecular weight is 465 g/mol. The second-order valence-electron chi connectivity index (χ2n) is 9.27. The molecule has 0 bridgehead atoms. The third-order valence-corrected chi connectivity index (χ3v) is 6.89. The highest BCUT2D eigenvalue weighted by Crippen LogP contribution is 2.30. The van der Waals surface area contributed by atoms with Gasteiger partial charge in [0.1, 0.15) is 0 Å². The summed E-state index contributed by atoms with van der Waals surface area (Å²) in [5, 5.41) is 8.65.